The molecule has 3 aromatic rings. The first kappa shape index (κ1) is 11.0. The van der Waals surface area contributed by atoms with E-state index in [9.17, 15) is 15.0 Å². The molecule has 4 rings (SSSR count). The van der Waals surface area contributed by atoms with Crippen molar-refractivity contribution >= 4 is 21.7 Å². The summed E-state index contributed by atoms with van der Waals surface area (Å²) in [6.45, 7) is 0.0352. The largest absolute Gasteiger partial charge is 0.508 e. The first-order chi connectivity index (χ1) is 9.65. The maximum Gasteiger partial charge on any atom is 0.348 e. The molecule has 0 unspecified atom stereocenters. The topological polar surface area (TPSA) is 89.1 Å². The van der Waals surface area contributed by atoms with Crippen molar-refractivity contribution in [3.8, 4) is 23.0 Å². The maximum absolute atomic E-state index is 12.1. The molecule has 6 nitrogen and oxygen atoms in total. The smallest absolute Gasteiger partial charge is 0.348 e. The van der Waals surface area contributed by atoms with E-state index < -0.39 is 5.63 Å². The van der Waals surface area contributed by atoms with Crippen molar-refractivity contribution in [2.24, 2.45) is 0 Å². The van der Waals surface area contributed by atoms with Crippen LogP contribution in [0, 0.1) is 0 Å². The van der Waals surface area contributed by atoms with Gasteiger partial charge in [0.05, 0.1) is 5.39 Å². The maximum atomic E-state index is 12.1. The van der Waals surface area contributed by atoms with Crippen molar-refractivity contribution in [1.29, 1.82) is 0 Å². The van der Waals surface area contributed by atoms with Gasteiger partial charge < -0.3 is 24.1 Å². The Kier molecular flexibility index (Phi) is 1.96. The van der Waals surface area contributed by atoms with E-state index in [2.05, 4.69) is 0 Å². The molecule has 20 heavy (non-hydrogen) atoms. The second-order valence-corrected chi connectivity index (χ2v) is 4.45. The van der Waals surface area contributed by atoms with Crippen LogP contribution in [-0.2, 0) is 0 Å². The zero-order valence-corrected chi connectivity index (χ0v) is 10.0. The van der Waals surface area contributed by atoms with Gasteiger partial charge in [-0.25, -0.2) is 4.79 Å². The van der Waals surface area contributed by atoms with Crippen LogP contribution in [0.25, 0.3) is 21.7 Å². The van der Waals surface area contributed by atoms with Gasteiger partial charge in [0.25, 0.3) is 0 Å². The minimum absolute atomic E-state index is 0.0352. The van der Waals surface area contributed by atoms with E-state index in [1.807, 2.05) is 0 Å². The highest BCUT2D eigenvalue weighted by molar-refractivity contribution is 6.10. The van der Waals surface area contributed by atoms with Gasteiger partial charge in [-0.3, -0.25) is 0 Å². The number of benzene rings is 2. The van der Waals surface area contributed by atoms with Crippen molar-refractivity contribution < 1.29 is 24.1 Å². The van der Waals surface area contributed by atoms with Crippen LogP contribution in [0.2, 0.25) is 0 Å². The second kappa shape index (κ2) is 3.57. The lowest BCUT2D eigenvalue weighted by molar-refractivity contribution is 0.174. The fourth-order valence-electron chi connectivity index (χ4n) is 2.47. The quantitative estimate of drug-likeness (QED) is 0.481. The number of aromatic hydroxyl groups is 2. The number of rotatable bonds is 0. The number of hydrogen-bond acceptors (Lipinski definition) is 6. The summed E-state index contributed by atoms with van der Waals surface area (Å²) in [6.07, 6.45) is 0. The number of hydrogen-bond donors (Lipinski definition) is 2. The third kappa shape index (κ3) is 1.30. The van der Waals surface area contributed by atoms with E-state index in [1.165, 1.54) is 12.1 Å². The van der Waals surface area contributed by atoms with Crippen LogP contribution in [0.5, 0.6) is 23.0 Å². The molecule has 6 heteroatoms. The third-order valence-electron chi connectivity index (χ3n) is 3.28. The van der Waals surface area contributed by atoms with Crippen molar-refractivity contribution in [1.82, 2.24) is 0 Å². The zero-order valence-electron chi connectivity index (χ0n) is 10.0. The Morgan fingerprint density at radius 3 is 2.75 bits per heavy atom. The van der Waals surface area contributed by atoms with Crippen molar-refractivity contribution in [3.05, 3.63) is 34.7 Å². The first-order valence-corrected chi connectivity index (χ1v) is 5.86. The normalized spacial score (nSPS) is 13.2. The van der Waals surface area contributed by atoms with Crippen LogP contribution in [0.15, 0.2) is 33.5 Å². The number of fused-ring (bicyclic) bond motifs is 5. The van der Waals surface area contributed by atoms with Crippen LogP contribution in [0.4, 0.5) is 0 Å². The Hall–Kier alpha value is -2.89. The average molecular weight is 272 g/mol. The van der Waals surface area contributed by atoms with E-state index >= 15 is 0 Å². The number of ether oxygens (including phenoxy) is 2. The van der Waals surface area contributed by atoms with Crippen molar-refractivity contribution in [2.45, 2.75) is 0 Å². The fourth-order valence-corrected chi connectivity index (χ4v) is 2.47. The van der Waals surface area contributed by atoms with Gasteiger partial charge in [0.2, 0.25) is 6.79 Å². The zero-order chi connectivity index (χ0) is 13.9. The van der Waals surface area contributed by atoms with Crippen LogP contribution in [0.3, 0.4) is 0 Å². The molecule has 100 valence electrons. The number of phenolic OH excluding ortho intramolecular Hbond substituents is 2. The molecule has 1 aromatic heterocycles. The van der Waals surface area contributed by atoms with Gasteiger partial charge >= 0.3 is 5.63 Å². The van der Waals surface area contributed by atoms with E-state index in [1.54, 1.807) is 12.1 Å². The fraction of sp³-hybridized carbons (Fsp3) is 0.0714. The Bertz CT molecular complexity index is 924. The van der Waals surface area contributed by atoms with Gasteiger partial charge in [-0.2, -0.15) is 0 Å². The minimum atomic E-state index is -0.611. The standard InChI is InChI=1S/C14H8O6/c15-6-3-8(16)11-7-1-2-9-13(19-5-18-9)12(7)14(17)20-10(11)4-6/h1-4,15-16H,5H2. The Labute approximate surface area is 111 Å². The molecule has 0 bridgehead atoms. The van der Waals surface area contributed by atoms with Gasteiger partial charge in [0.15, 0.2) is 11.5 Å². The van der Waals surface area contributed by atoms with Gasteiger partial charge in [-0.1, -0.05) is 0 Å². The summed E-state index contributed by atoms with van der Waals surface area (Å²) in [4.78, 5) is 12.1. The van der Waals surface area contributed by atoms with Gasteiger partial charge in [-0.05, 0) is 12.1 Å². The summed E-state index contributed by atoms with van der Waals surface area (Å²) in [7, 11) is 0. The molecule has 2 aromatic carbocycles. The Morgan fingerprint density at radius 2 is 1.90 bits per heavy atom. The molecule has 0 saturated heterocycles. The predicted octanol–water partition coefficient (Wildman–Crippen LogP) is 2.09. The monoisotopic (exact) mass is 272 g/mol. The molecule has 0 atom stereocenters. The molecule has 0 spiro atoms. The van der Waals surface area contributed by atoms with Gasteiger partial charge in [0.1, 0.15) is 22.5 Å². The summed E-state index contributed by atoms with van der Waals surface area (Å²) in [5, 5.41) is 20.5. The lowest BCUT2D eigenvalue weighted by Crippen LogP contribution is -2.01. The van der Waals surface area contributed by atoms with Crippen LogP contribution < -0.4 is 15.1 Å². The van der Waals surface area contributed by atoms with Crippen LogP contribution in [0.1, 0.15) is 0 Å². The summed E-state index contributed by atoms with van der Waals surface area (Å²) in [5.41, 5.74) is -0.501. The lowest BCUT2D eigenvalue weighted by atomic mass is 10.1. The highest BCUT2D eigenvalue weighted by atomic mass is 16.7. The minimum Gasteiger partial charge on any atom is -0.508 e. The van der Waals surface area contributed by atoms with Crippen molar-refractivity contribution in [2.75, 3.05) is 6.79 Å². The summed E-state index contributed by atoms with van der Waals surface area (Å²) >= 11 is 0. The molecule has 1 aliphatic rings. The van der Waals surface area contributed by atoms with E-state index in [-0.39, 0.29) is 29.3 Å². The molecular weight excluding hydrogens is 264 g/mol. The highest BCUT2D eigenvalue weighted by Gasteiger charge is 2.22. The number of phenols is 2. The molecule has 1 aliphatic heterocycles. The molecule has 2 N–H and O–H groups in total. The van der Waals surface area contributed by atoms with Crippen LogP contribution >= 0.6 is 0 Å². The molecular formula is C14H8O6. The van der Waals surface area contributed by atoms with Crippen LogP contribution in [-0.4, -0.2) is 17.0 Å². The highest BCUT2D eigenvalue weighted by Crippen LogP contribution is 2.42. The summed E-state index contributed by atoms with van der Waals surface area (Å²) in [6, 6.07) is 5.78. The molecule has 2 heterocycles. The molecule has 0 radical (unpaired) electrons. The van der Waals surface area contributed by atoms with Crippen molar-refractivity contribution in [3.63, 3.8) is 0 Å². The predicted molar refractivity (Wildman–Crippen MR) is 69.4 cm³/mol. The SMILES string of the molecule is O=c1oc2cc(O)cc(O)c2c2ccc3c(c12)OCO3. The van der Waals surface area contributed by atoms with E-state index in [0.717, 1.165) is 0 Å². The van der Waals surface area contributed by atoms with E-state index in [0.29, 0.717) is 22.3 Å². The average Bonchev–Trinajstić information content (AvgIpc) is 2.85. The second-order valence-electron chi connectivity index (χ2n) is 4.45. The molecule has 0 saturated carbocycles. The Morgan fingerprint density at radius 1 is 1.05 bits per heavy atom. The summed E-state index contributed by atoms with van der Waals surface area (Å²) in [5.74, 6) is 0.416. The Balaban J connectivity index is 2.29. The molecule has 0 amide bonds. The lowest BCUT2D eigenvalue weighted by Gasteiger charge is -2.07. The molecule has 0 aliphatic carbocycles. The van der Waals surface area contributed by atoms with Gasteiger partial charge in [-0.15, -0.1) is 0 Å². The van der Waals surface area contributed by atoms with Gasteiger partial charge in [0, 0.05) is 17.5 Å². The first-order valence-electron chi connectivity index (χ1n) is 5.86. The third-order valence-corrected chi connectivity index (χ3v) is 3.28. The van der Waals surface area contributed by atoms with E-state index in [4.69, 9.17) is 13.9 Å². The summed E-state index contributed by atoms with van der Waals surface area (Å²) < 4.78 is 15.7. The molecule has 0 fully saturated rings.